The van der Waals surface area contributed by atoms with Gasteiger partial charge < -0.3 is 5.11 Å². The molecule has 0 radical (unpaired) electrons. The highest BCUT2D eigenvalue weighted by atomic mass is 32.2. The summed E-state index contributed by atoms with van der Waals surface area (Å²) in [4.78, 5) is 1.26. The van der Waals surface area contributed by atoms with Crippen molar-refractivity contribution in [2.24, 2.45) is 0 Å². The predicted molar refractivity (Wildman–Crippen MR) is 67.3 cm³/mol. The van der Waals surface area contributed by atoms with Gasteiger partial charge in [0.05, 0.1) is 6.10 Å². The highest BCUT2D eigenvalue weighted by molar-refractivity contribution is 8.00. The van der Waals surface area contributed by atoms with Gasteiger partial charge in [-0.15, -0.1) is 11.8 Å². The number of aliphatic hydroxyl groups excluding tert-OH is 1. The molecule has 0 bridgehead atoms. The van der Waals surface area contributed by atoms with E-state index in [0.717, 1.165) is 12.0 Å². The van der Waals surface area contributed by atoms with E-state index >= 15 is 0 Å². The van der Waals surface area contributed by atoms with Crippen molar-refractivity contribution in [3.63, 3.8) is 0 Å². The Morgan fingerprint density at radius 2 is 1.73 bits per heavy atom. The van der Waals surface area contributed by atoms with Crippen molar-refractivity contribution in [1.82, 2.24) is 0 Å². The summed E-state index contributed by atoms with van der Waals surface area (Å²) in [5, 5.41) is 9.65. The maximum Gasteiger partial charge on any atom is 0.0787 e. The Morgan fingerprint density at radius 1 is 1.20 bits per heavy atom. The van der Waals surface area contributed by atoms with Crippen LogP contribution in [0.5, 0.6) is 0 Å². The number of benzene rings is 1. The summed E-state index contributed by atoms with van der Waals surface area (Å²) in [5.41, 5.74) is 1.01. The van der Waals surface area contributed by atoms with Crippen LogP contribution in [-0.4, -0.2) is 9.85 Å². The van der Waals surface area contributed by atoms with E-state index in [4.69, 9.17) is 0 Å². The van der Waals surface area contributed by atoms with Crippen LogP contribution in [0.4, 0.5) is 0 Å². The van der Waals surface area contributed by atoms with Gasteiger partial charge in [-0.3, -0.25) is 0 Å². The minimum atomic E-state index is -0.321. The number of rotatable bonds is 3. The third-order valence-corrected chi connectivity index (χ3v) is 3.20. The van der Waals surface area contributed by atoms with Crippen molar-refractivity contribution in [2.75, 3.05) is 0 Å². The second-order valence-corrected chi connectivity index (χ2v) is 6.61. The SMILES string of the molecule is CCC(O)c1ccc(SC(C)(C)C)cc1. The summed E-state index contributed by atoms with van der Waals surface area (Å²) < 4.78 is 0.241. The first-order valence-electron chi connectivity index (χ1n) is 5.39. The molecule has 0 spiro atoms. The Kier molecular flexibility index (Phi) is 4.23. The van der Waals surface area contributed by atoms with E-state index in [1.165, 1.54) is 4.90 Å². The Morgan fingerprint density at radius 3 is 2.13 bits per heavy atom. The summed E-state index contributed by atoms with van der Waals surface area (Å²) in [6.07, 6.45) is 0.449. The largest absolute Gasteiger partial charge is 0.388 e. The van der Waals surface area contributed by atoms with Crippen LogP contribution in [0.2, 0.25) is 0 Å². The minimum Gasteiger partial charge on any atom is -0.388 e. The summed E-state index contributed by atoms with van der Waals surface area (Å²) in [7, 11) is 0. The molecular weight excluding hydrogens is 204 g/mol. The molecule has 1 N–H and O–H groups in total. The molecule has 0 amide bonds. The van der Waals surface area contributed by atoms with Crippen molar-refractivity contribution < 1.29 is 5.11 Å². The van der Waals surface area contributed by atoms with Crippen molar-refractivity contribution in [3.05, 3.63) is 29.8 Å². The van der Waals surface area contributed by atoms with Crippen molar-refractivity contribution in [1.29, 1.82) is 0 Å². The maximum absolute atomic E-state index is 9.65. The number of thioether (sulfide) groups is 1. The van der Waals surface area contributed by atoms with Gasteiger partial charge in [0.1, 0.15) is 0 Å². The molecule has 2 heteroatoms. The molecule has 15 heavy (non-hydrogen) atoms. The van der Waals surface area contributed by atoms with E-state index in [0.29, 0.717) is 0 Å². The molecule has 0 heterocycles. The third-order valence-electron chi connectivity index (χ3n) is 2.08. The highest BCUT2D eigenvalue weighted by Crippen LogP contribution is 2.32. The van der Waals surface area contributed by atoms with Crippen LogP contribution in [-0.2, 0) is 0 Å². The topological polar surface area (TPSA) is 20.2 Å². The van der Waals surface area contributed by atoms with Crippen LogP contribution in [0.15, 0.2) is 29.2 Å². The van der Waals surface area contributed by atoms with Crippen LogP contribution in [0.3, 0.4) is 0 Å². The van der Waals surface area contributed by atoms with E-state index in [-0.39, 0.29) is 10.9 Å². The molecule has 0 aromatic heterocycles. The van der Waals surface area contributed by atoms with E-state index in [1.54, 1.807) is 0 Å². The molecule has 1 rings (SSSR count). The minimum absolute atomic E-state index is 0.241. The second kappa shape index (κ2) is 5.04. The van der Waals surface area contributed by atoms with Crippen molar-refractivity contribution in [3.8, 4) is 0 Å². The molecule has 0 saturated carbocycles. The third kappa shape index (κ3) is 4.27. The van der Waals surface area contributed by atoms with E-state index < -0.39 is 0 Å². The Bertz CT molecular complexity index is 297. The van der Waals surface area contributed by atoms with Gasteiger partial charge in [0.2, 0.25) is 0 Å². The summed E-state index contributed by atoms with van der Waals surface area (Å²) in [5.74, 6) is 0. The lowest BCUT2D eigenvalue weighted by Gasteiger charge is -2.18. The summed E-state index contributed by atoms with van der Waals surface area (Å²) >= 11 is 1.85. The average Bonchev–Trinajstić information content (AvgIpc) is 2.15. The summed E-state index contributed by atoms with van der Waals surface area (Å²) in [6, 6.07) is 8.21. The van der Waals surface area contributed by atoms with Crippen LogP contribution < -0.4 is 0 Å². The Balaban J connectivity index is 2.72. The van der Waals surface area contributed by atoms with Gasteiger partial charge >= 0.3 is 0 Å². The van der Waals surface area contributed by atoms with Crippen LogP contribution in [0.25, 0.3) is 0 Å². The van der Waals surface area contributed by atoms with Gasteiger partial charge in [-0.1, -0.05) is 39.8 Å². The fourth-order valence-electron chi connectivity index (χ4n) is 1.35. The highest BCUT2D eigenvalue weighted by Gasteiger charge is 2.12. The number of hydrogen-bond donors (Lipinski definition) is 1. The zero-order valence-corrected chi connectivity index (χ0v) is 10.8. The molecule has 0 aliphatic heterocycles. The lowest BCUT2D eigenvalue weighted by Crippen LogP contribution is -2.06. The van der Waals surface area contributed by atoms with Gasteiger partial charge in [0, 0.05) is 9.64 Å². The van der Waals surface area contributed by atoms with Crippen molar-refractivity contribution >= 4 is 11.8 Å². The zero-order valence-electron chi connectivity index (χ0n) is 9.95. The van der Waals surface area contributed by atoms with Gasteiger partial charge in [-0.05, 0) is 24.1 Å². The fourth-order valence-corrected chi connectivity index (χ4v) is 2.33. The molecule has 1 nitrogen and oxygen atoms in total. The van der Waals surface area contributed by atoms with E-state index in [9.17, 15) is 5.11 Å². The molecular formula is C13H20OS. The smallest absolute Gasteiger partial charge is 0.0787 e. The molecule has 1 aromatic carbocycles. The van der Waals surface area contributed by atoms with Gasteiger partial charge in [-0.2, -0.15) is 0 Å². The lowest BCUT2D eigenvalue weighted by molar-refractivity contribution is 0.173. The molecule has 1 atom stereocenters. The average molecular weight is 224 g/mol. The first-order chi connectivity index (χ1) is 6.92. The predicted octanol–water partition coefficient (Wildman–Crippen LogP) is 4.02. The molecule has 1 aromatic rings. The van der Waals surface area contributed by atoms with Crippen LogP contribution in [0, 0.1) is 0 Å². The van der Waals surface area contributed by atoms with Gasteiger partial charge in [0.15, 0.2) is 0 Å². The number of hydrogen-bond acceptors (Lipinski definition) is 2. The van der Waals surface area contributed by atoms with Crippen LogP contribution in [0.1, 0.15) is 45.8 Å². The van der Waals surface area contributed by atoms with Crippen LogP contribution >= 0.6 is 11.8 Å². The Labute approximate surface area is 96.9 Å². The number of aliphatic hydroxyl groups is 1. The van der Waals surface area contributed by atoms with Gasteiger partial charge in [-0.25, -0.2) is 0 Å². The summed E-state index contributed by atoms with van der Waals surface area (Å²) in [6.45, 7) is 8.59. The normalized spacial score (nSPS) is 13.9. The molecule has 0 saturated heterocycles. The zero-order chi connectivity index (χ0) is 11.5. The first-order valence-corrected chi connectivity index (χ1v) is 6.21. The van der Waals surface area contributed by atoms with E-state index in [1.807, 2.05) is 30.8 Å². The standard InChI is InChI=1S/C13H20OS/c1-5-12(14)10-6-8-11(9-7-10)15-13(2,3)4/h6-9,12,14H,5H2,1-4H3. The van der Waals surface area contributed by atoms with Crippen molar-refractivity contribution in [2.45, 2.75) is 49.9 Å². The molecule has 0 fully saturated rings. The Hall–Kier alpha value is -0.470. The lowest BCUT2D eigenvalue weighted by atomic mass is 10.1. The molecule has 0 aliphatic carbocycles. The molecule has 84 valence electrons. The van der Waals surface area contributed by atoms with E-state index in [2.05, 4.69) is 32.9 Å². The molecule has 0 aliphatic rings. The second-order valence-electron chi connectivity index (χ2n) is 4.71. The molecule has 1 unspecified atom stereocenters. The van der Waals surface area contributed by atoms with Gasteiger partial charge in [0.25, 0.3) is 0 Å². The first kappa shape index (κ1) is 12.6. The maximum atomic E-state index is 9.65. The fraction of sp³-hybridized carbons (Fsp3) is 0.538. The monoisotopic (exact) mass is 224 g/mol. The quantitative estimate of drug-likeness (QED) is 0.782.